The Labute approximate surface area is 61.2 Å². The summed E-state index contributed by atoms with van der Waals surface area (Å²) in [5.74, 6) is -4.85. The van der Waals surface area contributed by atoms with Crippen LogP contribution in [-0.2, 0) is 4.79 Å². The van der Waals surface area contributed by atoms with Gasteiger partial charge in [-0.25, -0.2) is 8.78 Å². The summed E-state index contributed by atoms with van der Waals surface area (Å²) in [6.07, 6.45) is -0.186. The normalized spacial score (nSPS) is 60.4. The van der Waals surface area contributed by atoms with Gasteiger partial charge in [0.25, 0.3) is 5.92 Å². The van der Waals surface area contributed by atoms with Crippen molar-refractivity contribution in [1.82, 2.24) is 0 Å². The molecule has 0 spiro atoms. The largest absolute Gasteiger partial charge is 0.481 e. The first-order chi connectivity index (χ1) is 5.03. The second-order valence-corrected chi connectivity index (χ2v) is 3.81. The third-order valence-electron chi connectivity index (χ3n) is 3.57. The molecule has 0 aromatic heterocycles. The topological polar surface area (TPSA) is 37.3 Å². The van der Waals surface area contributed by atoms with E-state index in [1.165, 1.54) is 0 Å². The van der Waals surface area contributed by atoms with Crippen LogP contribution >= 0.6 is 0 Å². The average Bonchev–Trinajstić information content (AvgIpc) is 2.61. The molecule has 1 unspecified atom stereocenters. The Morgan fingerprint density at radius 1 is 1.55 bits per heavy atom. The molecule has 4 atom stereocenters. The second-order valence-electron chi connectivity index (χ2n) is 3.81. The average molecular weight is 160 g/mol. The summed E-state index contributed by atoms with van der Waals surface area (Å²) in [5.41, 5.74) is -0.955. The number of hydrogen-bond donors (Lipinski definition) is 1. The van der Waals surface area contributed by atoms with Gasteiger partial charge in [0.05, 0.1) is 5.41 Å². The Morgan fingerprint density at radius 2 is 2.18 bits per heavy atom. The summed E-state index contributed by atoms with van der Waals surface area (Å²) in [6.45, 7) is 0. The van der Waals surface area contributed by atoms with Gasteiger partial charge in [0.15, 0.2) is 0 Å². The van der Waals surface area contributed by atoms with E-state index in [0.717, 1.165) is 0 Å². The highest BCUT2D eigenvalue weighted by molar-refractivity contribution is 5.87. The fraction of sp³-hybridized carbons (Fsp3) is 0.857. The van der Waals surface area contributed by atoms with Crippen LogP contribution in [-0.4, -0.2) is 17.0 Å². The van der Waals surface area contributed by atoms with Crippen LogP contribution in [0.3, 0.4) is 0 Å². The Morgan fingerprint density at radius 3 is 2.36 bits per heavy atom. The van der Waals surface area contributed by atoms with Gasteiger partial charge in [-0.05, 0) is 11.8 Å². The van der Waals surface area contributed by atoms with Crippen LogP contribution in [0.5, 0.6) is 0 Å². The minimum atomic E-state index is -2.67. The smallest absolute Gasteiger partial charge is 0.310 e. The summed E-state index contributed by atoms with van der Waals surface area (Å²) in [5, 5.41) is 8.63. The number of carbonyl (C=O) groups is 1. The Balaban J connectivity index is 2.00. The SMILES string of the molecule is O=C(O)[C@@]12C3[C@H]1[C@H]2CC3(F)F. The molecule has 4 fully saturated rings. The van der Waals surface area contributed by atoms with Crippen LogP contribution in [0.25, 0.3) is 0 Å². The fourth-order valence-electron chi connectivity index (χ4n) is 3.05. The highest BCUT2D eigenvalue weighted by Gasteiger charge is 3.01. The number of rotatable bonds is 1. The van der Waals surface area contributed by atoms with Gasteiger partial charge in [0.2, 0.25) is 0 Å². The van der Waals surface area contributed by atoms with Gasteiger partial charge in [-0.1, -0.05) is 0 Å². The van der Waals surface area contributed by atoms with E-state index in [1.54, 1.807) is 0 Å². The van der Waals surface area contributed by atoms with Crippen molar-refractivity contribution >= 4 is 5.97 Å². The number of alkyl halides is 2. The lowest BCUT2D eigenvalue weighted by atomic mass is 10.1. The van der Waals surface area contributed by atoms with Gasteiger partial charge in [-0.3, -0.25) is 4.79 Å². The summed E-state index contributed by atoms with van der Waals surface area (Å²) in [7, 11) is 0. The highest BCUT2D eigenvalue weighted by Crippen LogP contribution is 2.94. The predicted molar refractivity (Wildman–Crippen MR) is 30.1 cm³/mol. The van der Waals surface area contributed by atoms with Gasteiger partial charge < -0.3 is 5.11 Å². The minimum absolute atomic E-state index is 0.171. The van der Waals surface area contributed by atoms with Gasteiger partial charge >= 0.3 is 5.97 Å². The molecule has 0 amide bonds. The molecular formula is C7H6F2O2. The van der Waals surface area contributed by atoms with E-state index in [4.69, 9.17) is 5.11 Å². The maximum absolute atomic E-state index is 12.7. The molecule has 0 heterocycles. The van der Waals surface area contributed by atoms with Gasteiger partial charge in [-0.15, -0.1) is 0 Å². The summed E-state index contributed by atoms with van der Waals surface area (Å²) in [4.78, 5) is 10.5. The lowest BCUT2D eigenvalue weighted by molar-refractivity contribution is -0.142. The van der Waals surface area contributed by atoms with Crippen LogP contribution in [0.2, 0.25) is 0 Å². The molecule has 11 heavy (non-hydrogen) atoms. The predicted octanol–water partition coefficient (Wildman–Crippen LogP) is 0.972. The van der Waals surface area contributed by atoms with E-state index in [9.17, 15) is 13.6 Å². The first kappa shape index (κ1) is 5.91. The Kier molecular flexibility index (Phi) is 0.588. The quantitative estimate of drug-likeness (QED) is 0.620. The zero-order chi connectivity index (χ0) is 8.02. The molecule has 2 nitrogen and oxygen atoms in total. The van der Waals surface area contributed by atoms with Crippen molar-refractivity contribution < 1.29 is 18.7 Å². The molecule has 0 aromatic carbocycles. The molecule has 1 N–H and O–H groups in total. The molecule has 4 saturated carbocycles. The van der Waals surface area contributed by atoms with E-state index in [1.807, 2.05) is 0 Å². The minimum Gasteiger partial charge on any atom is -0.481 e. The van der Waals surface area contributed by atoms with Crippen molar-refractivity contribution in [3.63, 3.8) is 0 Å². The van der Waals surface area contributed by atoms with Crippen LogP contribution in [0.15, 0.2) is 0 Å². The van der Waals surface area contributed by atoms with Crippen LogP contribution < -0.4 is 0 Å². The van der Waals surface area contributed by atoms with Gasteiger partial charge in [0.1, 0.15) is 0 Å². The molecule has 4 aliphatic rings. The van der Waals surface area contributed by atoms with E-state index in [2.05, 4.69) is 0 Å². The van der Waals surface area contributed by atoms with E-state index in [-0.39, 0.29) is 18.3 Å². The number of halogens is 2. The maximum atomic E-state index is 12.7. The van der Waals surface area contributed by atoms with Crippen molar-refractivity contribution in [1.29, 1.82) is 0 Å². The zero-order valence-electron chi connectivity index (χ0n) is 5.55. The lowest BCUT2D eigenvalue weighted by Crippen LogP contribution is -2.18. The van der Waals surface area contributed by atoms with Gasteiger partial charge in [-0.2, -0.15) is 0 Å². The second kappa shape index (κ2) is 1.09. The van der Waals surface area contributed by atoms with Crippen LogP contribution in [0, 0.1) is 23.2 Å². The molecule has 60 valence electrons. The monoisotopic (exact) mass is 160 g/mol. The summed E-state index contributed by atoms with van der Waals surface area (Å²) < 4.78 is 25.5. The molecule has 2 bridgehead atoms. The van der Waals surface area contributed by atoms with Crippen molar-refractivity contribution in [2.75, 3.05) is 0 Å². The lowest BCUT2D eigenvalue weighted by Gasteiger charge is -2.06. The molecule has 4 heteroatoms. The van der Waals surface area contributed by atoms with Crippen molar-refractivity contribution in [3.8, 4) is 0 Å². The molecule has 0 radical (unpaired) electrons. The summed E-state index contributed by atoms with van der Waals surface area (Å²) in [6, 6.07) is 0. The molecule has 4 aliphatic carbocycles. The van der Waals surface area contributed by atoms with Crippen molar-refractivity contribution in [2.45, 2.75) is 12.3 Å². The highest BCUT2D eigenvalue weighted by atomic mass is 19.3. The first-order valence-corrected chi connectivity index (χ1v) is 3.64. The number of carboxylic acids is 1. The van der Waals surface area contributed by atoms with Crippen LogP contribution in [0.1, 0.15) is 6.42 Å². The standard InChI is InChI=1S/C7H6F2O2/c8-6(9)1-2-3-4(6)7(2,3)5(10)11/h2-4H,1H2,(H,10,11)/t2-,3-,4?,7-/m1/s1. The number of aliphatic carboxylic acids is 1. The number of hydrogen-bond acceptors (Lipinski definition) is 1. The van der Waals surface area contributed by atoms with E-state index >= 15 is 0 Å². The maximum Gasteiger partial charge on any atom is 0.310 e. The summed E-state index contributed by atoms with van der Waals surface area (Å²) >= 11 is 0. The van der Waals surface area contributed by atoms with E-state index < -0.39 is 23.2 Å². The first-order valence-electron chi connectivity index (χ1n) is 3.64. The number of fused-ring (bicyclic) bond motifs is 1. The molecule has 4 rings (SSSR count). The van der Waals surface area contributed by atoms with E-state index in [0.29, 0.717) is 0 Å². The van der Waals surface area contributed by atoms with Gasteiger partial charge in [0, 0.05) is 12.3 Å². The Hall–Kier alpha value is -0.670. The molecule has 0 aliphatic heterocycles. The van der Waals surface area contributed by atoms with Crippen LogP contribution in [0.4, 0.5) is 8.78 Å². The van der Waals surface area contributed by atoms with Crippen molar-refractivity contribution in [2.24, 2.45) is 23.2 Å². The fourth-order valence-corrected chi connectivity index (χ4v) is 3.05. The molecule has 0 aromatic rings. The third kappa shape index (κ3) is 0.341. The Bertz CT molecular complexity index is 270. The molecule has 0 saturated heterocycles. The molecular weight excluding hydrogens is 154 g/mol. The number of carboxylic acid groups (broad SMARTS) is 1. The third-order valence-corrected chi connectivity index (χ3v) is 3.57. The van der Waals surface area contributed by atoms with Crippen molar-refractivity contribution in [3.05, 3.63) is 0 Å². The zero-order valence-corrected chi connectivity index (χ0v) is 5.55.